The normalized spacial score (nSPS) is 11.2. The third-order valence-corrected chi connectivity index (χ3v) is 5.30. The molecule has 0 spiro atoms. The van der Waals surface area contributed by atoms with E-state index in [2.05, 4.69) is 31.7 Å². The summed E-state index contributed by atoms with van der Waals surface area (Å²) >= 11 is 0. The number of halogens is 2. The molecular weight excluding hydrogens is 402 g/mol. The van der Waals surface area contributed by atoms with Crippen molar-refractivity contribution in [2.45, 2.75) is 20.3 Å². The number of nitrogens with zero attached hydrogens (tertiary/aromatic N) is 2. The first kappa shape index (κ1) is 20.5. The van der Waals surface area contributed by atoms with Gasteiger partial charge >= 0.3 is 0 Å². The molecule has 0 unspecified atom stereocenters. The van der Waals surface area contributed by atoms with E-state index < -0.39 is 27.2 Å². The van der Waals surface area contributed by atoms with Crippen LogP contribution in [0, 0.1) is 23.5 Å². The lowest BCUT2D eigenvalue weighted by molar-refractivity contribution is 0.330. The van der Waals surface area contributed by atoms with Crippen LogP contribution in [0.5, 0.6) is 5.88 Å². The molecule has 7 nitrogen and oxygen atoms in total. The molecule has 0 radical (unpaired) electrons. The summed E-state index contributed by atoms with van der Waals surface area (Å²) < 4.78 is 60.0. The standard InChI is InChI=1S/C19H18F2N4O3S/c1-3-9-29(26,27)25-16-8-7-15(20)13(17(16)21)6-5-12-10-14-18(22-11-12)23-24-19(14)28-4-2/h7-8,10-11,25H,3-4,9H2,1-2H3,(H,22,23,24). The van der Waals surface area contributed by atoms with Crippen LogP contribution in [0.2, 0.25) is 0 Å². The first-order valence-electron chi connectivity index (χ1n) is 8.82. The van der Waals surface area contributed by atoms with Crippen molar-refractivity contribution in [3.8, 4) is 17.7 Å². The Bertz CT molecular complexity index is 1210. The molecule has 0 saturated carbocycles. The fourth-order valence-electron chi connectivity index (χ4n) is 2.56. The molecule has 3 rings (SSSR count). The van der Waals surface area contributed by atoms with Gasteiger partial charge in [0.25, 0.3) is 0 Å². The molecule has 0 aliphatic heterocycles. The van der Waals surface area contributed by atoms with Gasteiger partial charge in [-0.05, 0) is 31.5 Å². The number of anilines is 1. The van der Waals surface area contributed by atoms with Gasteiger partial charge in [0.1, 0.15) is 5.82 Å². The first-order valence-corrected chi connectivity index (χ1v) is 10.5. The SMILES string of the molecule is CCCS(=O)(=O)Nc1ccc(F)c(C#Cc2cnc3[nH]nc(OCC)c3c2)c1F. The topological polar surface area (TPSA) is 97.0 Å². The Morgan fingerprint density at radius 1 is 1.24 bits per heavy atom. The van der Waals surface area contributed by atoms with Crippen LogP contribution in [0.3, 0.4) is 0 Å². The van der Waals surface area contributed by atoms with Gasteiger partial charge in [0.15, 0.2) is 11.5 Å². The number of rotatable bonds is 6. The summed E-state index contributed by atoms with van der Waals surface area (Å²) in [4.78, 5) is 4.15. The maximum Gasteiger partial charge on any atom is 0.242 e. The molecule has 29 heavy (non-hydrogen) atoms. The van der Waals surface area contributed by atoms with Gasteiger partial charge in [-0.2, -0.15) is 0 Å². The molecule has 3 aromatic rings. The average Bonchev–Trinajstić information content (AvgIpc) is 3.06. The van der Waals surface area contributed by atoms with Crippen LogP contribution in [-0.2, 0) is 10.0 Å². The second kappa shape index (κ2) is 8.45. The van der Waals surface area contributed by atoms with Crippen LogP contribution >= 0.6 is 0 Å². The molecule has 0 fully saturated rings. The van der Waals surface area contributed by atoms with Crippen molar-refractivity contribution in [3.63, 3.8) is 0 Å². The zero-order valence-electron chi connectivity index (χ0n) is 15.7. The highest BCUT2D eigenvalue weighted by Crippen LogP contribution is 2.23. The Balaban J connectivity index is 1.97. The number of ether oxygens (including phenoxy) is 1. The second-order valence-electron chi connectivity index (χ2n) is 6.04. The predicted octanol–water partition coefficient (Wildman–Crippen LogP) is 3.19. The second-order valence-corrected chi connectivity index (χ2v) is 7.88. The zero-order chi connectivity index (χ0) is 21.0. The Morgan fingerprint density at radius 3 is 2.76 bits per heavy atom. The van der Waals surface area contributed by atoms with Crippen molar-refractivity contribution < 1.29 is 21.9 Å². The van der Waals surface area contributed by atoms with E-state index in [1.807, 2.05) is 6.92 Å². The number of hydrogen-bond acceptors (Lipinski definition) is 5. The summed E-state index contributed by atoms with van der Waals surface area (Å²) in [5.41, 5.74) is -0.0236. The summed E-state index contributed by atoms with van der Waals surface area (Å²) in [5.74, 6) is 3.25. The van der Waals surface area contributed by atoms with Gasteiger partial charge in [-0.1, -0.05) is 18.8 Å². The van der Waals surface area contributed by atoms with Crippen molar-refractivity contribution in [1.29, 1.82) is 0 Å². The van der Waals surface area contributed by atoms with E-state index in [9.17, 15) is 17.2 Å². The number of aromatic amines is 1. The van der Waals surface area contributed by atoms with E-state index in [1.165, 1.54) is 6.20 Å². The van der Waals surface area contributed by atoms with Crippen molar-refractivity contribution in [3.05, 3.63) is 47.2 Å². The summed E-state index contributed by atoms with van der Waals surface area (Å²) in [6.07, 6.45) is 1.78. The Kier molecular flexibility index (Phi) is 5.98. The van der Waals surface area contributed by atoms with E-state index in [0.717, 1.165) is 12.1 Å². The van der Waals surface area contributed by atoms with Gasteiger partial charge < -0.3 is 4.74 Å². The van der Waals surface area contributed by atoms with Gasteiger partial charge in [-0.15, -0.1) is 5.10 Å². The number of nitrogens with one attached hydrogen (secondary N) is 2. The molecule has 0 bridgehead atoms. The minimum Gasteiger partial charge on any atom is -0.476 e. The summed E-state index contributed by atoms with van der Waals surface area (Å²) in [6, 6.07) is 3.62. The van der Waals surface area contributed by atoms with E-state index in [4.69, 9.17) is 4.74 Å². The fraction of sp³-hybridized carbons (Fsp3) is 0.263. The molecular formula is C19H18F2N4O3S. The first-order chi connectivity index (χ1) is 13.8. The highest BCUT2D eigenvalue weighted by atomic mass is 32.2. The third-order valence-electron chi connectivity index (χ3n) is 3.82. The van der Waals surface area contributed by atoms with E-state index in [0.29, 0.717) is 35.5 Å². The van der Waals surface area contributed by atoms with E-state index in [-0.39, 0.29) is 11.4 Å². The Labute approximate surface area is 166 Å². The molecule has 0 saturated heterocycles. The molecule has 10 heteroatoms. The largest absolute Gasteiger partial charge is 0.476 e. The molecule has 0 atom stereocenters. The van der Waals surface area contributed by atoms with Gasteiger partial charge in [0, 0.05) is 11.8 Å². The van der Waals surface area contributed by atoms with Gasteiger partial charge in [-0.25, -0.2) is 22.2 Å². The van der Waals surface area contributed by atoms with Crippen molar-refractivity contribution >= 4 is 26.7 Å². The van der Waals surface area contributed by atoms with E-state index in [1.54, 1.807) is 13.0 Å². The number of sulfonamides is 1. The number of fused-ring (bicyclic) bond motifs is 1. The smallest absolute Gasteiger partial charge is 0.242 e. The number of aromatic nitrogens is 3. The quantitative estimate of drug-likeness (QED) is 0.597. The molecule has 152 valence electrons. The fourth-order valence-corrected chi connectivity index (χ4v) is 3.70. The molecule has 2 N–H and O–H groups in total. The van der Waals surface area contributed by atoms with Crippen molar-refractivity contribution in [2.24, 2.45) is 0 Å². The van der Waals surface area contributed by atoms with Crippen LogP contribution in [0.1, 0.15) is 31.4 Å². The van der Waals surface area contributed by atoms with Gasteiger partial charge in [-0.3, -0.25) is 9.82 Å². The molecule has 2 heterocycles. The maximum absolute atomic E-state index is 14.7. The lowest BCUT2D eigenvalue weighted by Gasteiger charge is -2.09. The highest BCUT2D eigenvalue weighted by molar-refractivity contribution is 7.92. The highest BCUT2D eigenvalue weighted by Gasteiger charge is 2.17. The van der Waals surface area contributed by atoms with Crippen molar-refractivity contribution in [1.82, 2.24) is 15.2 Å². The summed E-state index contributed by atoms with van der Waals surface area (Å²) in [7, 11) is -3.73. The van der Waals surface area contributed by atoms with Crippen LogP contribution in [-0.4, -0.2) is 36.0 Å². The van der Waals surface area contributed by atoms with Crippen molar-refractivity contribution in [2.75, 3.05) is 17.1 Å². The molecule has 2 aromatic heterocycles. The monoisotopic (exact) mass is 420 g/mol. The summed E-state index contributed by atoms with van der Waals surface area (Å²) in [6.45, 7) is 3.90. The van der Waals surface area contributed by atoms with Crippen LogP contribution in [0.25, 0.3) is 11.0 Å². The van der Waals surface area contributed by atoms with Gasteiger partial charge in [0.05, 0.1) is 29.0 Å². The zero-order valence-corrected chi connectivity index (χ0v) is 16.5. The molecule has 0 aliphatic rings. The van der Waals surface area contributed by atoms with E-state index >= 15 is 0 Å². The molecule has 0 amide bonds. The predicted molar refractivity (Wildman–Crippen MR) is 105 cm³/mol. The Morgan fingerprint density at radius 2 is 2.03 bits per heavy atom. The van der Waals surface area contributed by atoms with Crippen LogP contribution in [0.4, 0.5) is 14.5 Å². The average molecular weight is 420 g/mol. The molecule has 1 aromatic carbocycles. The lowest BCUT2D eigenvalue weighted by atomic mass is 10.1. The number of benzene rings is 1. The lowest BCUT2D eigenvalue weighted by Crippen LogP contribution is -2.17. The van der Waals surface area contributed by atoms with Gasteiger partial charge in [0.2, 0.25) is 15.9 Å². The Hall–Kier alpha value is -3.19. The minimum atomic E-state index is -3.73. The summed E-state index contributed by atoms with van der Waals surface area (Å²) in [5, 5.41) is 7.29. The van der Waals surface area contributed by atoms with Crippen LogP contribution in [0.15, 0.2) is 24.4 Å². The molecule has 0 aliphatic carbocycles. The number of pyridine rings is 1. The third kappa shape index (κ3) is 4.63. The van der Waals surface area contributed by atoms with Crippen LogP contribution < -0.4 is 9.46 Å². The maximum atomic E-state index is 14.7. The minimum absolute atomic E-state index is 0.177. The number of hydrogen-bond donors (Lipinski definition) is 2. The number of H-pyrrole nitrogens is 1.